The van der Waals surface area contributed by atoms with Crippen molar-refractivity contribution in [1.82, 2.24) is 5.32 Å². The molecule has 1 N–H and O–H groups in total. The number of benzene rings is 1. The summed E-state index contributed by atoms with van der Waals surface area (Å²) in [4.78, 5) is 0. The third kappa shape index (κ3) is 5.99. The molecule has 3 heteroatoms. The third-order valence-electron chi connectivity index (χ3n) is 4.41. The first-order valence-electron chi connectivity index (χ1n) is 8.27. The minimum absolute atomic E-state index is 0.569. The van der Waals surface area contributed by atoms with E-state index in [4.69, 9.17) is 4.74 Å². The van der Waals surface area contributed by atoms with Crippen LogP contribution in [0.3, 0.4) is 0 Å². The van der Waals surface area contributed by atoms with Gasteiger partial charge in [0.1, 0.15) is 5.75 Å². The topological polar surface area (TPSA) is 21.3 Å². The molecule has 1 atom stereocenters. The Balaban J connectivity index is 1.80. The second-order valence-electron chi connectivity index (χ2n) is 6.46. The van der Waals surface area contributed by atoms with E-state index in [9.17, 15) is 0 Å². The smallest absolute Gasteiger partial charge is 0.120 e. The highest BCUT2D eigenvalue weighted by Crippen LogP contribution is 2.33. The Bertz CT molecular complexity index is 415. The molecule has 1 aromatic carbocycles. The Kier molecular flexibility index (Phi) is 7.05. The molecule has 2 rings (SSSR count). The van der Waals surface area contributed by atoms with Gasteiger partial charge in [-0.2, -0.15) is 0 Å². The van der Waals surface area contributed by atoms with Crippen molar-refractivity contribution in [2.45, 2.75) is 52.0 Å². The maximum Gasteiger partial charge on any atom is 0.120 e. The maximum absolute atomic E-state index is 5.93. The van der Waals surface area contributed by atoms with Crippen LogP contribution in [0.2, 0.25) is 0 Å². The summed E-state index contributed by atoms with van der Waals surface area (Å²) in [6.07, 6.45) is 6.78. The normalized spacial score (nSPS) is 17.3. The molecule has 0 heterocycles. The van der Waals surface area contributed by atoms with Crippen LogP contribution in [0.4, 0.5) is 0 Å². The highest BCUT2D eigenvalue weighted by molar-refractivity contribution is 9.10. The van der Waals surface area contributed by atoms with Gasteiger partial charge in [-0.3, -0.25) is 0 Å². The lowest BCUT2D eigenvalue weighted by atomic mass is 9.88. The predicted molar refractivity (Wildman–Crippen MR) is 92.8 cm³/mol. The van der Waals surface area contributed by atoms with Gasteiger partial charge in [0, 0.05) is 10.5 Å². The summed E-state index contributed by atoms with van der Waals surface area (Å²) in [7, 11) is 0. The van der Waals surface area contributed by atoms with E-state index in [1.165, 1.54) is 25.7 Å². The average molecular weight is 354 g/mol. The van der Waals surface area contributed by atoms with E-state index >= 15 is 0 Å². The summed E-state index contributed by atoms with van der Waals surface area (Å²) in [5, 5.41) is 3.62. The number of hydrogen-bond donors (Lipinski definition) is 1. The number of hydrogen-bond acceptors (Lipinski definition) is 2. The molecular formula is C18H28BrNO. The van der Waals surface area contributed by atoms with Crippen molar-refractivity contribution in [3.63, 3.8) is 0 Å². The van der Waals surface area contributed by atoms with Crippen LogP contribution in [0.5, 0.6) is 5.75 Å². The van der Waals surface area contributed by atoms with Crippen LogP contribution in [-0.4, -0.2) is 19.2 Å². The van der Waals surface area contributed by atoms with Gasteiger partial charge in [-0.05, 0) is 43.0 Å². The average Bonchev–Trinajstić information content (AvgIpc) is 2.96. The molecule has 0 saturated heterocycles. The predicted octanol–water partition coefficient (Wildman–Crippen LogP) is 5.02. The number of ether oxygens (including phenoxy) is 1. The molecule has 118 valence electrons. The van der Waals surface area contributed by atoms with Crippen LogP contribution in [0.15, 0.2) is 28.7 Å². The summed E-state index contributed by atoms with van der Waals surface area (Å²) in [5.41, 5.74) is 0. The first-order valence-corrected chi connectivity index (χ1v) is 9.06. The van der Waals surface area contributed by atoms with Gasteiger partial charge >= 0.3 is 0 Å². The zero-order valence-corrected chi connectivity index (χ0v) is 14.9. The van der Waals surface area contributed by atoms with Gasteiger partial charge in [0.05, 0.1) is 6.61 Å². The van der Waals surface area contributed by atoms with Crippen LogP contribution in [-0.2, 0) is 0 Å². The van der Waals surface area contributed by atoms with E-state index < -0.39 is 0 Å². The molecule has 0 amide bonds. The van der Waals surface area contributed by atoms with Gasteiger partial charge < -0.3 is 10.1 Å². The van der Waals surface area contributed by atoms with Crippen molar-refractivity contribution in [3.8, 4) is 5.75 Å². The van der Waals surface area contributed by atoms with Gasteiger partial charge in [0.2, 0.25) is 0 Å². The van der Waals surface area contributed by atoms with E-state index in [0.717, 1.165) is 41.6 Å². The number of nitrogens with one attached hydrogen (secondary N) is 1. The first-order chi connectivity index (χ1) is 10.1. The van der Waals surface area contributed by atoms with Gasteiger partial charge in [-0.15, -0.1) is 0 Å². The molecule has 1 saturated carbocycles. The van der Waals surface area contributed by atoms with Crippen LogP contribution in [0, 0.1) is 11.8 Å². The van der Waals surface area contributed by atoms with Crippen molar-refractivity contribution in [1.29, 1.82) is 0 Å². The Morgan fingerprint density at radius 3 is 2.71 bits per heavy atom. The van der Waals surface area contributed by atoms with E-state index in [0.29, 0.717) is 6.04 Å². The highest BCUT2D eigenvalue weighted by atomic mass is 79.9. The zero-order chi connectivity index (χ0) is 15.1. The molecule has 0 aromatic heterocycles. The van der Waals surface area contributed by atoms with E-state index in [-0.39, 0.29) is 0 Å². The van der Waals surface area contributed by atoms with E-state index in [2.05, 4.69) is 35.1 Å². The molecule has 1 aromatic rings. The molecule has 0 radical (unpaired) electrons. The van der Waals surface area contributed by atoms with Gasteiger partial charge in [0.15, 0.2) is 0 Å². The summed E-state index contributed by atoms with van der Waals surface area (Å²) >= 11 is 3.49. The van der Waals surface area contributed by atoms with Crippen molar-refractivity contribution in [2.75, 3.05) is 13.2 Å². The van der Waals surface area contributed by atoms with Crippen molar-refractivity contribution < 1.29 is 4.74 Å². The molecule has 21 heavy (non-hydrogen) atoms. The molecule has 0 aliphatic heterocycles. The minimum Gasteiger partial charge on any atom is -0.494 e. The van der Waals surface area contributed by atoms with E-state index in [1.807, 2.05) is 24.3 Å². The Morgan fingerprint density at radius 2 is 2.05 bits per heavy atom. The monoisotopic (exact) mass is 353 g/mol. The fraction of sp³-hybridized carbons (Fsp3) is 0.667. The fourth-order valence-corrected chi connectivity index (χ4v) is 3.58. The molecular weight excluding hydrogens is 326 g/mol. The molecule has 1 aliphatic carbocycles. The summed E-state index contributed by atoms with van der Waals surface area (Å²) in [5.74, 6) is 2.61. The lowest BCUT2D eigenvalue weighted by Gasteiger charge is -2.25. The SMILES string of the molecule is CC(C)NCC(CCOc1cccc(Br)c1)C1CCCC1. The summed E-state index contributed by atoms with van der Waals surface area (Å²) in [6.45, 7) is 6.40. The van der Waals surface area contributed by atoms with Gasteiger partial charge in [0.25, 0.3) is 0 Å². The van der Waals surface area contributed by atoms with Gasteiger partial charge in [-0.25, -0.2) is 0 Å². The molecule has 1 aliphatic rings. The van der Waals surface area contributed by atoms with Crippen LogP contribution >= 0.6 is 15.9 Å². The Labute approximate surface area is 137 Å². The molecule has 1 fully saturated rings. The molecule has 2 nitrogen and oxygen atoms in total. The maximum atomic E-state index is 5.93. The minimum atomic E-state index is 0.569. The quantitative estimate of drug-likeness (QED) is 0.708. The van der Waals surface area contributed by atoms with Crippen LogP contribution in [0.25, 0.3) is 0 Å². The zero-order valence-electron chi connectivity index (χ0n) is 13.3. The van der Waals surface area contributed by atoms with Gasteiger partial charge in [-0.1, -0.05) is 61.5 Å². The van der Waals surface area contributed by atoms with Crippen molar-refractivity contribution in [2.24, 2.45) is 11.8 Å². The second kappa shape index (κ2) is 8.79. The Hall–Kier alpha value is -0.540. The lowest BCUT2D eigenvalue weighted by molar-refractivity contribution is 0.227. The second-order valence-corrected chi connectivity index (χ2v) is 7.38. The standard InChI is InChI=1S/C18H28BrNO/c1-14(2)20-13-16(15-6-3-4-7-15)10-11-21-18-9-5-8-17(19)12-18/h5,8-9,12,14-16,20H,3-4,6-7,10-11,13H2,1-2H3. The highest BCUT2D eigenvalue weighted by Gasteiger charge is 2.24. The van der Waals surface area contributed by atoms with Crippen molar-refractivity contribution >= 4 is 15.9 Å². The number of rotatable bonds is 8. The van der Waals surface area contributed by atoms with Crippen LogP contribution < -0.4 is 10.1 Å². The fourth-order valence-electron chi connectivity index (χ4n) is 3.21. The summed E-state index contributed by atoms with van der Waals surface area (Å²) in [6, 6.07) is 8.69. The third-order valence-corrected chi connectivity index (χ3v) is 4.90. The lowest BCUT2D eigenvalue weighted by Crippen LogP contribution is -2.32. The molecule has 0 spiro atoms. The van der Waals surface area contributed by atoms with Crippen LogP contribution in [0.1, 0.15) is 46.0 Å². The first kappa shape index (κ1) is 16.8. The number of halogens is 1. The van der Waals surface area contributed by atoms with Crippen molar-refractivity contribution in [3.05, 3.63) is 28.7 Å². The molecule has 0 bridgehead atoms. The van der Waals surface area contributed by atoms with E-state index in [1.54, 1.807) is 0 Å². The molecule has 1 unspecified atom stereocenters. The Morgan fingerprint density at radius 1 is 1.29 bits per heavy atom. The summed E-state index contributed by atoms with van der Waals surface area (Å²) < 4.78 is 7.00. The largest absolute Gasteiger partial charge is 0.494 e.